The minimum atomic E-state index is 0.719. The predicted molar refractivity (Wildman–Crippen MR) is 75.5 cm³/mol. The Kier molecular flexibility index (Phi) is 3.27. The van der Waals surface area contributed by atoms with Gasteiger partial charge in [0.1, 0.15) is 0 Å². The van der Waals surface area contributed by atoms with Crippen LogP contribution in [0.3, 0.4) is 0 Å². The maximum atomic E-state index is 6.12. The molecule has 0 amide bonds. The first-order valence-corrected chi connectivity index (χ1v) is 7.03. The minimum Gasteiger partial charge on any atom is -0.398 e. The monoisotopic (exact) mass is 245 g/mol. The summed E-state index contributed by atoms with van der Waals surface area (Å²) < 4.78 is 0. The van der Waals surface area contributed by atoms with E-state index in [9.17, 15) is 0 Å². The Balaban J connectivity index is 1.76. The molecule has 0 bridgehead atoms. The van der Waals surface area contributed by atoms with Crippen LogP contribution in [0.4, 0.5) is 5.69 Å². The van der Waals surface area contributed by atoms with Crippen molar-refractivity contribution in [3.63, 3.8) is 0 Å². The molecule has 3 rings (SSSR count). The van der Waals surface area contributed by atoms with Gasteiger partial charge in [0.15, 0.2) is 0 Å². The molecule has 1 unspecified atom stereocenters. The summed E-state index contributed by atoms with van der Waals surface area (Å²) in [6.45, 7) is 4.70. The third-order valence-corrected chi connectivity index (χ3v) is 4.45. The number of fused-ring (bicyclic) bond motifs is 1. The molecule has 0 radical (unpaired) electrons. The fourth-order valence-corrected chi connectivity index (χ4v) is 3.38. The molecule has 1 fully saturated rings. The number of piperidine rings is 1. The highest BCUT2D eigenvalue weighted by molar-refractivity contribution is 5.51. The quantitative estimate of drug-likeness (QED) is 0.765. The van der Waals surface area contributed by atoms with Gasteiger partial charge in [0, 0.05) is 31.4 Å². The van der Waals surface area contributed by atoms with Crippen molar-refractivity contribution >= 4 is 5.69 Å². The first-order valence-electron chi connectivity index (χ1n) is 7.03. The standard InChI is InChI=1S/C15H23N3/c1-17-8-3-5-13(10-17)18-9-7-12-4-2-6-15(16)14(12)11-18/h2,4,6,13H,3,5,7-11,16H2,1H3. The van der Waals surface area contributed by atoms with Gasteiger partial charge in [-0.2, -0.15) is 0 Å². The zero-order chi connectivity index (χ0) is 12.5. The Morgan fingerprint density at radius 2 is 2.17 bits per heavy atom. The van der Waals surface area contributed by atoms with Gasteiger partial charge in [0.25, 0.3) is 0 Å². The van der Waals surface area contributed by atoms with Gasteiger partial charge in [0.2, 0.25) is 0 Å². The maximum Gasteiger partial charge on any atom is 0.0362 e. The zero-order valence-corrected chi connectivity index (χ0v) is 11.2. The average molecular weight is 245 g/mol. The minimum absolute atomic E-state index is 0.719. The van der Waals surface area contributed by atoms with E-state index in [0.717, 1.165) is 24.7 Å². The number of hydrogen-bond donors (Lipinski definition) is 1. The van der Waals surface area contributed by atoms with Gasteiger partial charge in [-0.05, 0) is 50.0 Å². The molecular weight excluding hydrogens is 222 g/mol. The Bertz CT molecular complexity index is 430. The SMILES string of the molecule is CN1CCCC(N2CCc3cccc(N)c3C2)C1. The van der Waals surface area contributed by atoms with Crippen LogP contribution >= 0.6 is 0 Å². The average Bonchev–Trinajstić information content (AvgIpc) is 2.39. The first kappa shape index (κ1) is 12.0. The normalized spacial score (nSPS) is 25.9. The molecule has 1 aromatic rings. The largest absolute Gasteiger partial charge is 0.398 e. The molecule has 18 heavy (non-hydrogen) atoms. The van der Waals surface area contributed by atoms with Crippen LogP contribution in [0.5, 0.6) is 0 Å². The first-order chi connectivity index (χ1) is 8.74. The van der Waals surface area contributed by atoms with Crippen molar-refractivity contribution in [1.29, 1.82) is 0 Å². The van der Waals surface area contributed by atoms with Crippen molar-refractivity contribution < 1.29 is 0 Å². The molecule has 1 saturated heterocycles. The molecule has 0 aliphatic carbocycles. The Hall–Kier alpha value is -1.06. The second kappa shape index (κ2) is 4.90. The van der Waals surface area contributed by atoms with E-state index in [0.29, 0.717) is 0 Å². The molecule has 3 heteroatoms. The second-order valence-electron chi connectivity index (χ2n) is 5.76. The molecule has 0 saturated carbocycles. The van der Waals surface area contributed by atoms with Gasteiger partial charge in [-0.25, -0.2) is 0 Å². The van der Waals surface area contributed by atoms with Crippen molar-refractivity contribution in [2.75, 3.05) is 32.4 Å². The summed E-state index contributed by atoms with van der Waals surface area (Å²) in [7, 11) is 2.23. The molecule has 2 N–H and O–H groups in total. The molecule has 2 aliphatic heterocycles. The van der Waals surface area contributed by atoms with Gasteiger partial charge in [-0.3, -0.25) is 4.90 Å². The molecule has 2 aliphatic rings. The van der Waals surface area contributed by atoms with E-state index in [1.54, 1.807) is 0 Å². The number of nitrogens with two attached hydrogens (primary N) is 1. The van der Waals surface area contributed by atoms with E-state index >= 15 is 0 Å². The number of hydrogen-bond acceptors (Lipinski definition) is 3. The Morgan fingerprint density at radius 3 is 3.00 bits per heavy atom. The van der Waals surface area contributed by atoms with Crippen LogP contribution in [0, 0.1) is 0 Å². The molecular formula is C15H23N3. The van der Waals surface area contributed by atoms with Crippen molar-refractivity contribution in [2.45, 2.75) is 31.8 Å². The number of likely N-dealkylation sites (tertiary alicyclic amines) is 1. The second-order valence-corrected chi connectivity index (χ2v) is 5.76. The van der Waals surface area contributed by atoms with Crippen molar-refractivity contribution in [3.8, 4) is 0 Å². The maximum absolute atomic E-state index is 6.12. The summed E-state index contributed by atoms with van der Waals surface area (Å²) in [5, 5.41) is 0. The Labute approximate surface area is 110 Å². The topological polar surface area (TPSA) is 32.5 Å². The Morgan fingerprint density at radius 1 is 1.28 bits per heavy atom. The number of nitrogen functional groups attached to an aromatic ring is 1. The van der Waals surface area contributed by atoms with Gasteiger partial charge in [-0.1, -0.05) is 12.1 Å². The van der Waals surface area contributed by atoms with Crippen molar-refractivity contribution in [1.82, 2.24) is 9.80 Å². The molecule has 3 nitrogen and oxygen atoms in total. The lowest BCUT2D eigenvalue weighted by atomic mass is 9.95. The predicted octanol–water partition coefficient (Wildman–Crippen LogP) is 1.72. The number of rotatable bonds is 1. The van der Waals surface area contributed by atoms with Gasteiger partial charge < -0.3 is 10.6 Å². The zero-order valence-electron chi connectivity index (χ0n) is 11.2. The van der Waals surface area contributed by atoms with Crippen LogP contribution in [-0.2, 0) is 13.0 Å². The van der Waals surface area contributed by atoms with E-state index in [1.165, 1.54) is 43.6 Å². The summed E-state index contributed by atoms with van der Waals surface area (Å²) in [5.41, 5.74) is 9.92. The van der Waals surface area contributed by atoms with E-state index in [1.807, 2.05) is 6.07 Å². The third-order valence-electron chi connectivity index (χ3n) is 4.45. The third kappa shape index (κ3) is 2.25. The van der Waals surface area contributed by atoms with Crippen LogP contribution in [0.2, 0.25) is 0 Å². The number of anilines is 1. The van der Waals surface area contributed by atoms with E-state index in [2.05, 4.69) is 29.0 Å². The lowest BCUT2D eigenvalue weighted by Crippen LogP contribution is -2.48. The van der Waals surface area contributed by atoms with Gasteiger partial charge in [0.05, 0.1) is 0 Å². The smallest absolute Gasteiger partial charge is 0.0362 e. The molecule has 0 spiro atoms. The highest BCUT2D eigenvalue weighted by Gasteiger charge is 2.27. The fraction of sp³-hybridized carbons (Fsp3) is 0.600. The summed E-state index contributed by atoms with van der Waals surface area (Å²) in [4.78, 5) is 5.09. The summed E-state index contributed by atoms with van der Waals surface area (Å²) in [5.74, 6) is 0. The highest BCUT2D eigenvalue weighted by Crippen LogP contribution is 2.27. The van der Waals surface area contributed by atoms with Gasteiger partial charge >= 0.3 is 0 Å². The lowest BCUT2D eigenvalue weighted by Gasteiger charge is -2.40. The number of benzene rings is 1. The molecule has 0 aromatic heterocycles. The van der Waals surface area contributed by atoms with E-state index in [-0.39, 0.29) is 0 Å². The number of nitrogens with zero attached hydrogens (tertiary/aromatic N) is 2. The van der Waals surface area contributed by atoms with Crippen LogP contribution in [0.1, 0.15) is 24.0 Å². The van der Waals surface area contributed by atoms with Crippen LogP contribution in [0.15, 0.2) is 18.2 Å². The molecule has 98 valence electrons. The highest BCUT2D eigenvalue weighted by atomic mass is 15.2. The summed E-state index contributed by atoms with van der Waals surface area (Å²) in [6.07, 6.45) is 3.82. The number of likely N-dealkylation sites (N-methyl/N-ethyl adjacent to an activating group) is 1. The van der Waals surface area contributed by atoms with Crippen molar-refractivity contribution in [2.24, 2.45) is 0 Å². The van der Waals surface area contributed by atoms with Crippen molar-refractivity contribution in [3.05, 3.63) is 29.3 Å². The van der Waals surface area contributed by atoms with E-state index < -0.39 is 0 Å². The van der Waals surface area contributed by atoms with E-state index in [4.69, 9.17) is 5.73 Å². The fourth-order valence-electron chi connectivity index (χ4n) is 3.38. The lowest BCUT2D eigenvalue weighted by molar-refractivity contribution is 0.101. The van der Waals surface area contributed by atoms with Crippen LogP contribution < -0.4 is 5.73 Å². The van der Waals surface area contributed by atoms with Crippen LogP contribution in [0.25, 0.3) is 0 Å². The summed E-state index contributed by atoms with van der Waals surface area (Å²) in [6, 6.07) is 7.07. The molecule has 1 aromatic carbocycles. The molecule has 1 atom stereocenters. The van der Waals surface area contributed by atoms with Gasteiger partial charge in [-0.15, -0.1) is 0 Å². The summed E-state index contributed by atoms with van der Waals surface area (Å²) >= 11 is 0. The molecule has 2 heterocycles. The van der Waals surface area contributed by atoms with Crippen LogP contribution in [-0.4, -0.2) is 42.5 Å².